The largest absolute Gasteiger partial charge is 0.478 e. The van der Waals surface area contributed by atoms with Crippen molar-refractivity contribution in [3.05, 3.63) is 35.4 Å². The van der Waals surface area contributed by atoms with Gasteiger partial charge in [0.15, 0.2) is 0 Å². The lowest BCUT2D eigenvalue weighted by Crippen LogP contribution is -2.61. The van der Waals surface area contributed by atoms with Gasteiger partial charge in [-0.1, -0.05) is 31.5 Å². The Morgan fingerprint density at radius 1 is 1.29 bits per heavy atom. The van der Waals surface area contributed by atoms with Crippen LogP contribution in [0, 0.1) is 0 Å². The van der Waals surface area contributed by atoms with Gasteiger partial charge >= 0.3 is 12.1 Å². The number of rotatable bonds is 6. The van der Waals surface area contributed by atoms with Crippen molar-refractivity contribution in [2.45, 2.75) is 71.1 Å². The summed E-state index contributed by atoms with van der Waals surface area (Å²) in [6, 6.07) is 6.09. The van der Waals surface area contributed by atoms with Gasteiger partial charge in [-0.05, 0) is 45.7 Å². The number of carboxylic acid groups (broad SMARTS) is 1. The number of benzene rings is 1. The fourth-order valence-corrected chi connectivity index (χ4v) is 3.47. The van der Waals surface area contributed by atoms with Gasteiger partial charge in [-0.25, -0.2) is 9.59 Å². The Hall–Kier alpha value is -2.57. The molecular weight excluding hydrogens is 360 g/mol. The molecule has 1 aliphatic rings. The third-order valence-electron chi connectivity index (χ3n) is 4.91. The highest BCUT2D eigenvalue weighted by Crippen LogP contribution is 2.36. The normalized spacial score (nSPS) is 20.1. The monoisotopic (exact) mass is 390 g/mol. The number of amides is 2. The minimum atomic E-state index is -0.969. The van der Waals surface area contributed by atoms with Gasteiger partial charge in [-0.3, -0.25) is 4.79 Å². The first-order valence-electron chi connectivity index (χ1n) is 9.67. The number of hydrogen-bond acceptors (Lipinski definition) is 4. The molecule has 1 heterocycles. The van der Waals surface area contributed by atoms with Crippen LogP contribution in [-0.4, -0.2) is 52.2 Å². The lowest BCUT2D eigenvalue weighted by atomic mass is 9.80. The maximum absolute atomic E-state index is 13.0. The second-order valence-electron chi connectivity index (χ2n) is 8.22. The quantitative estimate of drug-likeness (QED) is 0.776. The van der Waals surface area contributed by atoms with E-state index in [2.05, 4.69) is 5.32 Å². The van der Waals surface area contributed by atoms with Gasteiger partial charge in [0, 0.05) is 18.5 Å². The van der Waals surface area contributed by atoms with Crippen LogP contribution in [0.5, 0.6) is 0 Å². The summed E-state index contributed by atoms with van der Waals surface area (Å²) in [5.41, 5.74) is 0.363. The van der Waals surface area contributed by atoms with Crippen LogP contribution >= 0.6 is 0 Å². The second-order valence-corrected chi connectivity index (χ2v) is 8.22. The molecule has 1 aromatic carbocycles. The summed E-state index contributed by atoms with van der Waals surface area (Å²) >= 11 is 0. The molecule has 28 heavy (non-hydrogen) atoms. The van der Waals surface area contributed by atoms with E-state index in [1.807, 2.05) is 19.9 Å². The number of carbonyl (C=O) groups is 3. The fraction of sp³-hybridized carbons (Fsp3) is 0.571. The fourth-order valence-electron chi connectivity index (χ4n) is 3.47. The molecule has 1 aromatic rings. The van der Waals surface area contributed by atoms with E-state index in [1.54, 1.807) is 43.9 Å². The number of carbonyl (C=O) groups excluding carboxylic acids is 2. The number of nitrogens with one attached hydrogen (secondary N) is 1. The lowest BCUT2D eigenvalue weighted by molar-refractivity contribution is -0.142. The second kappa shape index (κ2) is 8.63. The van der Waals surface area contributed by atoms with Crippen molar-refractivity contribution in [2.24, 2.45) is 0 Å². The van der Waals surface area contributed by atoms with Crippen LogP contribution in [0.4, 0.5) is 4.79 Å². The van der Waals surface area contributed by atoms with Crippen LogP contribution in [0.25, 0.3) is 0 Å². The number of carboxylic acids is 1. The SMILES string of the molecule is CCC[C@H](NC(=O)OC(C)(C)C)C(=O)N1C[C@@H](c2ccccc2C(=O)O)[C@@H]1C. The van der Waals surface area contributed by atoms with Crippen LogP contribution in [0.2, 0.25) is 0 Å². The Morgan fingerprint density at radius 2 is 1.93 bits per heavy atom. The zero-order valence-electron chi connectivity index (χ0n) is 17.2. The zero-order chi connectivity index (χ0) is 21.1. The minimum Gasteiger partial charge on any atom is -0.478 e. The van der Waals surface area contributed by atoms with E-state index < -0.39 is 23.7 Å². The highest BCUT2D eigenvalue weighted by atomic mass is 16.6. The standard InChI is InChI=1S/C21H30N2O5/c1-6-9-17(22-20(27)28-21(3,4)5)18(24)23-12-16(13(23)2)14-10-7-8-11-15(14)19(25)26/h7-8,10-11,13,16-17H,6,9,12H2,1-5H3,(H,22,27)(H,25,26)/t13-,16+,17-/m0/s1. The van der Waals surface area contributed by atoms with Gasteiger partial charge in [0.1, 0.15) is 11.6 Å². The Balaban J connectivity index is 2.08. The molecule has 2 N–H and O–H groups in total. The van der Waals surface area contributed by atoms with Gasteiger partial charge in [-0.15, -0.1) is 0 Å². The first kappa shape index (κ1) is 21.7. The van der Waals surface area contributed by atoms with Crippen LogP contribution in [-0.2, 0) is 9.53 Å². The summed E-state index contributed by atoms with van der Waals surface area (Å²) < 4.78 is 5.27. The molecule has 154 valence electrons. The first-order chi connectivity index (χ1) is 13.0. The molecule has 0 bridgehead atoms. The van der Waals surface area contributed by atoms with Crippen molar-refractivity contribution >= 4 is 18.0 Å². The first-order valence-corrected chi connectivity index (χ1v) is 9.67. The summed E-state index contributed by atoms with van der Waals surface area (Å²) in [7, 11) is 0. The summed E-state index contributed by atoms with van der Waals surface area (Å²) in [6.45, 7) is 9.59. The van der Waals surface area contributed by atoms with E-state index >= 15 is 0 Å². The summed E-state index contributed by atoms with van der Waals surface area (Å²) in [5.74, 6) is -1.17. The van der Waals surface area contributed by atoms with Crippen molar-refractivity contribution in [1.29, 1.82) is 0 Å². The zero-order valence-corrected chi connectivity index (χ0v) is 17.2. The molecule has 2 rings (SSSR count). The lowest BCUT2D eigenvalue weighted by Gasteiger charge is -2.48. The average molecular weight is 390 g/mol. The maximum atomic E-state index is 13.0. The van der Waals surface area contributed by atoms with Gasteiger partial charge < -0.3 is 20.1 Å². The van der Waals surface area contributed by atoms with E-state index in [0.29, 0.717) is 13.0 Å². The third kappa shape index (κ3) is 5.03. The van der Waals surface area contributed by atoms with Gasteiger partial charge in [-0.2, -0.15) is 0 Å². The summed E-state index contributed by atoms with van der Waals surface area (Å²) in [4.78, 5) is 38.2. The predicted molar refractivity (Wildman–Crippen MR) is 105 cm³/mol. The molecule has 0 radical (unpaired) electrons. The Labute approximate surface area is 166 Å². The van der Waals surface area contributed by atoms with Crippen molar-refractivity contribution in [2.75, 3.05) is 6.54 Å². The highest BCUT2D eigenvalue weighted by Gasteiger charge is 2.43. The van der Waals surface area contributed by atoms with Crippen molar-refractivity contribution in [3.8, 4) is 0 Å². The Kier molecular flexibility index (Phi) is 6.69. The van der Waals surface area contributed by atoms with Crippen LogP contribution in [0.1, 0.15) is 69.3 Å². The van der Waals surface area contributed by atoms with Crippen molar-refractivity contribution < 1.29 is 24.2 Å². The smallest absolute Gasteiger partial charge is 0.408 e. The molecule has 0 aliphatic carbocycles. The number of aromatic carboxylic acids is 1. The molecule has 0 aromatic heterocycles. The number of ether oxygens (including phenoxy) is 1. The van der Waals surface area contributed by atoms with Gasteiger partial charge in [0.2, 0.25) is 5.91 Å². The molecule has 7 heteroatoms. The topological polar surface area (TPSA) is 95.9 Å². The third-order valence-corrected chi connectivity index (χ3v) is 4.91. The van der Waals surface area contributed by atoms with Crippen molar-refractivity contribution in [1.82, 2.24) is 10.2 Å². The van der Waals surface area contributed by atoms with Gasteiger partial charge in [0.05, 0.1) is 5.56 Å². The Morgan fingerprint density at radius 3 is 2.46 bits per heavy atom. The number of hydrogen-bond donors (Lipinski definition) is 2. The molecule has 0 spiro atoms. The van der Waals surface area contributed by atoms with E-state index in [9.17, 15) is 19.5 Å². The maximum Gasteiger partial charge on any atom is 0.408 e. The molecule has 0 saturated carbocycles. The molecule has 3 atom stereocenters. The number of likely N-dealkylation sites (tertiary alicyclic amines) is 1. The molecule has 1 aliphatic heterocycles. The molecular formula is C21H30N2O5. The van der Waals surface area contributed by atoms with Crippen LogP contribution in [0.15, 0.2) is 24.3 Å². The summed E-state index contributed by atoms with van der Waals surface area (Å²) in [6.07, 6.45) is 0.637. The van der Waals surface area contributed by atoms with E-state index in [-0.39, 0.29) is 23.4 Å². The van der Waals surface area contributed by atoms with Gasteiger partial charge in [0.25, 0.3) is 0 Å². The van der Waals surface area contributed by atoms with Crippen LogP contribution in [0.3, 0.4) is 0 Å². The van der Waals surface area contributed by atoms with E-state index in [1.165, 1.54) is 0 Å². The van der Waals surface area contributed by atoms with Crippen molar-refractivity contribution in [3.63, 3.8) is 0 Å². The highest BCUT2D eigenvalue weighted by molar-refractivity contribution is 5.90. The number of nitrogens with zero attached hydrogens (tertiary/aromatic N) is 1. The minimum absolute atomic E-state index is 0.0416. The van der Waals surface area contributed by atoms with E-state index in [4.69, 9.17) is 4.74 Å². The predicted octanol–water partition coefficient (Wildman–Crippen LogP) is 3.39. The van der Waals surface area contributed by atoms with E-state index in [0.717, 1.165) is 12.0 Å². The Bertz CT molecular complexity index is 741. The number of alkyl carbamates (subject to hydrolysis) is 1. The molecule has 0 unspecified atom stereocenters. The molecule has 1 saturated heterocycles. The average Bonchev–Trinajstić information content (AvgIpc) is 2.58. The summed E-state index contributed by atoms with van der Waals surface area (Å²) in [5, 5.41) is 12.1. The molecule has 2 amide bonds. The van der Waals surface area contributed by atoms with Crippen LogP contribution < -0.4 is 5.32 Å². The molecule has 7 nitrogen and oxygen atoms in total. The molecule has 1 fully saturated rings.